The molecule has 0 aromatic heterocycles. The number of ether oxygens (including phenoxy) is 1. The maximum atomic E-state index is 12.1. The third-order valence-electron chi connectivity index (χ3n) is 3.26. The molecular weight excluding hydrogens is 302 g/mol. The topological polar surface area (TPSA) is 110 Å². The summed E-state index contributed by atoms with van der Waals surface area (Å²) < 4.78 is 4.57. The lowest BCUT2D eigenvalue weighted by Crippen LogP contribution is -2.41. The summed E-state index contributed by atoms with van der Waals surface area (Å²) in [6, 6.07) is 4.59. The lowest BCUT2D eigenvalue weighted by Gasteiger charge is -2.14. The van der Waals surface area contributed by atoms with Gasteiger partial charge in [0.2, 0.25) is 0 Å². The predicted octanol–water partition coefficient (Wildman–Crippen LogP) is 1.42. The molecule has 0 heterocycles. The van der Waals surface area contributed by atoms with Crippen molar-refractivity contribution in [3.05, 3.63) is 35.4 Å². The van der Waals surface area contributed by atoms with Crippen LogP contribution < -0.4 is 5.32 Å². The van der Waals surface area contributed by atoms with Crippen LogP contribution in [0.4, 0.5) is 0 Å². The van der Waals surface area contributed by atoms with Crippen molar-refractivity contribution < 1.29 is 29.0 Å². The van der Waals surface area contributed by atoms with Gasteiger partial charge in [-0.1, -0.05) is 13.0 Å². The molecule has 2 N–H and O–H groups in total. The fourth-order valence-corrected chi connectivity index (χ4v) is 1.89. The number of Topliss-reactive ketones (excluding diaryl/α,β-unsaturated/α-hetero) is 1. The summed E-state index contributed by atoms with van der Waals surface area (Å²) in [6.45, 7) is 1.69. The van der Waals surface area contributed by atoms with Gasteiger partial charge < -0.3 is 15.2 Å². The highest BCUT2D eigenvalue weighted by Gasteiger charge is 2.21. The first-order valence-corrected chi connectivity index (χ1v) is 7.12. The highest BCUT2D eigenvalue weighted by atomic mass is 16.5. The van der Waals surface area contributed by atoms with Crippen molar-refractivity contribution in [2.24, 2.45) is 0 Å². The summed E-state index contributed by atoms with van der Waals surface area (Å²) in [5, 5.41) is 11.5. The number of rotatable bonds is 8. The van der Waals surface area contributed by atoms with Crippen molar-refractivity contribution in [2.75, 3.05) is 7.11 Å². The van der Waals surface area contributed by atoms with Crippen molar-refractivity contribution in [3.8, 4) is 0 Å². The lowest BCUT2D eigenvalue weighted by molar-refractivity contribution is -0.139. The van der Waals surface area contributed by atoms with Crippen LogP contribution in [0.2, 0.25) is 0 Å². The summed E-state index contributed by atoms with van der Waals surface area (Å²) in [5.74, 6) is -2.51. The van der Waals surface area contributed by atoms with Gasteiger partial charge in [0.05, 0.1) is 12.7 Å². The first-order valence-electron chi connectivity index (χ1n) is 7.12. The zero-order valence-corrected chi connectivity index (χ0v) is 13.0. The van der Waals surface area contributed by atoms with Crippen LogP contribution in [0.3, 0.4) is 0 Å². The zero-order chi connectivity index (χ0) is 17.4. The van der Waals surface area contributed by atoms with Crippen molar-refractivity contribution in [1.29, 1.82) is 0 Å². The van der Waals surface area contributed by atoms with E-state index in [-0.39, 0.29) is 29.8 Å². The minimum absolute atomic E-state index is 0.0183. The zero-order valence-electron chi connectivity index (χ0n) is 13.0. The minimum Gasteiger partial charge on any atom is -0.480 e. The number of hydrogen-bond acceptors (Lipinski definition) is 5. The van der Waals surface area contributed by atoms with Crippen LogP contribution in [-0.4, -0.2) is 41.9 Å². The van der Waals surface area contributed by atoms with Gasteiger partial charge in [-0.15, -0.1) is 0 Å². The number of ketones is 1. The van der Waals surface area contributed by atoms with E-state index >= 15 is 0 Å². The fraction of sp³-hybridized carbons (Fsp3) is 0.375. The Hall–Kier alpha value is -2.70. The summed E-state index contributed by atoms with van der Waals surface area (Å²) in [6.07, 6.45) is 0.418. The third kappa shape index (κ3) is 5.54. The highest BCUT2D eigenvalue weighted by molar-refractivity contribution is 5.99. The summed E-state index contributed by atoms with van der Waals surface area (Å²) in [4.78, 5) is 46.0. The first-order chi connectivity index (χ1) is 10.9. The lowest BCUT2D eigenvalue weighted by atomic mass is 10.1. The van der Waals surface area contributed by atoms with Gasteiger partial charge in [0, 0.05) is 18.4 Å². The molecule has 0 fully saturated rings. The van der Waals surface area contributed by atoms with Gasteiger partial charge in [-0.3, -0.25) is 9.59 Å². The number of amides is 1. The fourth-order valence-electron chi connectivity index (χ4n) is 1.89. The number of carboxylic acids is 1. The third-order valence-corrected chi connectivity index (χ3v) is 3.26. The number of hydrogen-bond donors (Lipinski definition) is 2. The van der Waals surface area contributed by atoms with Gasteiger partial charge in [0.15, 0.2) is 0 Å². The van der Waals surface area contributed by atoms with Gasteiger partial charge in [0.1, 0.15) is 11.8 Å². The maximum absolute atomic E-state index is 12.1. The molecule has 1 amide bonds. The quantitative estimate of drug-likeness (QED) is 0.701. The Morgan fingerprint density at radius 3 is 2.43 bits per heavy atom. The van der Waals surface area contributed by atoms with E-state index in [1.807, 2.05) is 0 Å². The summed E-state index contributed by atoms with van der Waals surface area (Å²) in [5.41, 5.74) is 0.328. The Bertz CT molecular complexity index is 610. The van der Waals surface area contributed by atoms with Gasteiger partial charge >= 0.3 is 11.9 Å². The van der Waals surface area contributed by atoms with Crippen LogP contribution in [0.15, 0.2) is 24.3 Å². The number of benzene rings is 1. The van der Waals surface area contributed by atoms with Crippen molar-refractivity contribution in [1.82, 2.24) is 5.32 Å². The minimum atomic E-state index is -1.22. The number of methoxy groups -OCH3 is 1. The van der Waals surface area contributed by atoms with Gasteiger partial charge in [-0.25, -0.2) is 9.59 Å². The monoisotopic (exact) mass is 321 g/mol. The van der Waals surface area contributed by atoms with E-state index in [1.54, 1.807) is 6.92 Å². The molecule has 0 aliphatic heterocycles. The van der Waals surface area contributed by atoms with Crippen molar-refractivity contribution in [2.45, 2.75) is 32.2 Å². The smallest absolute Gasteiger partial charge is 0.337 e. The van der Waals surface area contributed by atoms with Gasteiger partial charge in [0.25, 0.3) is 5.91 Å². The highest BCUT2D eigenvalue weighted by Crippen LogP contribution is 2.08. The Morgan fingerprint density at radius 2 is 1.87 bits per heavy atom. The van der Waals surface area contributed by atoms with Crippen molar-refractivity contribution in [3.63, 3.8) is 0 Å². The molecule has 1 aromatic carbocycles. The molecule has 124 valence electrons. The molecule has 1 aromatic rings. The largest absolute Gasteiger partial charge is 0.480 e. The average molecular weight is 321 g/mol. The van der Waals surface area contributed by atoms with E-state index in [9.17, 15) is 19.2 Å². The normalized spacial score (nSPS) is 11.4. The Kier molecular flexibility index (Phi) is 6.92. The van der Waals surface area contributed by atoms with E-state index < -0.39 is 23.9 Å². The number of carboxylic acid groups (broad SMARTS) is 1. The summed E-state index contributed by atoms with van der Waals surface area (Å²) >= 11 is 0. The van der Waals surface area contributed by atoms with Crippen LogP contribution in [-0.2, 0) is 14.3 Å². The van der Waals surface area contributed by atoms with E-state index in [0.717, 1.165) is 0 Å². The molecule has 0 bridgehead atoms. The Labute approximate surface area is 133 Å². The molecule has 1 rings (SSSR count). The van der Waals surface area contributed by atoms with Crippen LogP contribution in [0, 0.1) is 0 Å². The van der Waals surface area contributed by atoms with E-state index in [1.165, 1.54) is 31.4 Å². The molecule has 0 spiro atoms. The van der Waals surface area contributed by atoms with Gasteiger partial charge in [-0.05, 0) is 24.6 Å². The standard InChI is InChI=1S/C16H19NO6/c1-3-12(18)7-8-13(15(20)21)17-14(19)10-5-4-6-11(9-10)16(22)23-2/h4-6,9,13H,3,7-8H2,1-2H3,(H,17,19)(H,20,21)/t13-/m1/s1. The molecule has 1 atom stereocenters. The number of carbonyl (C=O) groups excluding carboxylic acids is 3. The van der Waals surface area contributed by atoms with E-state index in [0.29, 0.717) is 6.42 Å². The molecule has 0 aliphatic rings. The molecule has 0 saturated heterocycles. The van der Waals surface area contributed by atoms with Crippen LogP contribution in [0.1, 0.15) is 46.9 Å². The molecular formula is C16H19NO6. The molecule has 0 saturated carbocycles. The van der Waals surface area contributed by atoms with Gasteiger partial charge in [-0.2, -0.15) is 0 Å². The second-order valence-corrected chi connectivity index (χ2v) is 4.87. The van der Waals surface area contributed by atoms with Crippen LogP contribution in [0.5, 0.6) is 0 Å². The molecule has 7 heteroatoms. The maximum Gasteiger partial charge on any atom is 0.337 e. The molecule has 0 radical (unpaired) electrons. The molecule has 23 heavy (non-hydrogen) atoms. The second-order valence-electron chi connectivity index (χ2n) is 4.87. The van der Waals surface area contributed by atoms with Crippen LogP contribution in [0.25, 0.3) is 0 Å². The van der Waals surface area contributed by atoms with E-state index in [2.05, 4.69) is 10.1 Å². The molecule has 7 nitrogen and oxygen atoms in total. The molecule has 0 unspecified atom stereocenters. The Morgan fingerprint density at radius 1 is 1.22 bits per heavy atom. The number of carbonyl (C=O) groups is 4. The molecule has 0 aliphatic carbocycles. The SMILES string of the molecule is CCC(=O)CC[C@@H](NC(=O)c1cccc(C(=O)OC)c1)C(=O)O. The van der Waals surface area contributed by atoms with Crippen molar-refractivity contribution >= 4 is 23.6 Å². The number of esters is 1. The summed E-state index contributed by atoms with van der Waals surface area (Å²) in [7, 11) is 1.22. The number of nitrogens with one attached hydrogen (secondary N) is 1. The van der Waals surface area contributed by atoms with Crippen LogP contribution >= 0.6 is 0 Å². The average Bonchev–Trinajstić information content (AvgIpc) is 2.56. The first kappa shape index (κ1) is 18.3. The Balaban J connectivity index is 2.80. The predicted molar refractivity (Wildman–Crippen MR) is 81.2 cm³/mol. The number of aliphatic carboxylic acids is 1. The second kappa shape index (κ2) is 8.67. The van der Waals surface area contributed by atoms with E-state index in [4.69, 9.17) is 5.11 Å².